The molecule has 4 rings (SSSR count). The number of methoxy groups -OCH3 is 2. The van der Waals surface area contributed by atoms with Gasteiger partial charge in [0.2, 0.25) is 11.3 Å². The monoisotopic (exact) mass is 405 g/mol. The summed E-state index contributed by atoms with van der Waals surface area (Å²) in [6.07, 6.45) is 1.63. The quantitative estimate of drug-likeness (QED) is 0.351. The fourth-order valence-corrected chi connectivity index (χ4v) is 2.76. The molecule has 2 N–H and O–H groups in total. The largest absolute Gasteiger partial charge is 0.493 e. The van der Waals surface area contributed by atoms with Gasteiger partial charge in [-0.3, -0.25) is 5.43 Å². The Morgan fingerprint density at radius 3 is 2.43 bits per heavy atom. The van der Waals surface area contributed by atoms with Crippen molar-refractivity contribution in [3.63, 3.8) is 0 Å². The average molecular weight is 405 g/mol. The van der Waals surface area contributed by atoms with Crippen LogP contribution in [0.3, 0.4) is 0 Å². The second-order valence-corrected chi connectivity index (χ2v) is 6.31. The first-order chi connectivity index (χ1) is 14.7. The van der Waals surface area contributed by atoms with Crippen LogP contribution >= 0.6 is 0 Å². The predicted molar refractivity (Wildman–Crippen MR) is 113 cm³/mol. The maximum absolute atomic E-state index is 5.31. The Kier molecular flexibility index (Phi) is 5.37. The maximum Gasteiger partial charge on any atom is 0.245 e. The summed E-state index contributed by atoms with van der Waals surface area (Å²) in [5.41, 5.74) is 6.23. The van der Waals surface area contributed by atoms with Gasteiger partial charge in [0.05, 0.1) is 20.4 Å². The Hall–Kier alpha value is -4.21. The van der Waals surface area contributed by atoms with Crippen molar-refractivity contribution in [2.45, 2.75) is 6.92 Å². The summed E-state index contributed by atoms with van der Waals surface area (Å²) in [6, 6.07) is 13.3. The molecule has 0 radical (unpaired) electrons. The molecule has 30 heavy (non-hydrogen) atoms. The second kappa shape index (κ2) is 8.43. The van der Waals surface area contributed by atoms with Crippen LogP contribution in [0, 0.1) is 6.92 Å². The number of hydrazone groups is 1. The summed E-state index contributed by atoms with van der Waals surface area (Å²) in [7, 11) is 3.17. The molecule has 0 bridgehead atoms. The van der Waals surface area contributed by atoms with Crippen LogP contribution in [0.15, 0.2) is 52.2 Å². The molecular weight excluding hydrogens is 386 g/mol. The molecule has 0 saturated heterocycles. The fourth-order valence-electron chi connectivity index (χ4n) is 2.76. The SMILES string of the molecule is COc1ccc(/C=N\Nc2nc3nonc3nc2Nc2cccc(C)c2)cc1OC. The van der Waals surface area contributed by atoms with E-state index in [1.807, 2.05) is 43.3 Å². The highest BCUT2D eigenvalue weighted by Gasteiger charge is 2.13. The van der Waals surface area contributed by atoms with E-state index in [2.05, 4.69) is 36.1 Å². The third kappa shape index (κ3) is 4.12. The number of anilines is 3. The fraction of sp³-hybridized carbons (Fsp3) is 0.150. The Bertz CT molecular complexity index is 1210. The number of aromatic nitrogens is 4. The zero-order chi connectivity index (χ0) is 20.9. The van der Waals surface area contributed by atoms with Gasteiger partial charge in [-0.2, -0.15) is 10.1 Å². The minimum atomic E-state index is 0.272. The van der Waals surface area contributed by atoms with Gasteiger partial charge in [0.15, 0.2) is 23.1 Å². The number of fused-ring (bicyclic) bond motifs is 1. The van der Waals surface area contributed by atoms with Gasteiger partial charge < -0.3 is 14.8 Å². The summed E-state index contributed by atoms with van der Waals surface area (Å²) in [5, 5.41) is 15.0. The van der Waals surface area contributed by atoms with Crippen LogP contribution in [0.25, 0.3) is 11.3 Å². The van der Waals surface area contributed by atoms with E-state index >= 15 is 0 Å². The molecule has 0 atom stereocenters. The highest BCUT2D eigenvalue weighted by atomic mass is 16.6. The number of nitrogens with one attached hydrogen (secondary N) is 2. The first-order valence-corrected chi connectivity index (χ1v) is 9.01. The van der Waals surface area contributed by atoms with E-state index in [-0.39, 0.29) is 5.65 Å². The highest BCUT2D eigenvalue weighted by Crippen LogP contribution is 2.27. The van der Waals surface area contributed by atoms with Crippen molar-refractivity contribution in [2.75, 3.05) is 25.0 Å². The second-order valence-electron chi connectivity index (χ2n) is 6.31. The van der Waals surface area contributed by atoms with E-state index in [4.69, 9.17) is 14.1 Å². The van der Waals surface area contributed by atoms with Crippen molar-refractivity contribution in [2.24, 2.45) is 5.10 Å². The van der Waals surface area contributed by atoms with Crippen LogP contribution in [0.1, 0.15) is 11.1 Å². The van der Waals surface area contributed by atoms with Crippen molar-refractivity contribution in [3.05, 3.63) is 53.6 Å². The molecule has 152 valence electrons. The molecule has 0 aliphatic rings. The molecule has 0 spiro atoms. The van der Waals surface area contributed by atoms with Crippen LogP contribution in [0.2, 0.25) is 0 Å². The average Bonchev–Trinajstić information content (AvgIpc) is 3.21. The first-order valence-electron chi connectivity index (χ1n) is 9.01. The van der Waals surface area contributed by atoms with Crippen molar-refractivity contribution in [1.82, 2.24) is 20.3 Å². The number of hydrogen-bond acceptors (Lipinski definition) is 10. The molecule has 10 heteroatoms. The van der Waals surface area contributed by atoms with Gasteiger partial charge in [-0.25, -0.2) is 9.61 Å². The lowest BCUT2D eigenvalue weighted by Gasteiger charge is -2.10. The highest BCUT2D eigenvalue weighted by molar-refractivity contribution is 5.82. The third-order valence-electron chi connectivity index (χ3n) is 4.19. The Morgan fingerprint density at radius 1 is 0.933 bits per heavy atom. The van der Waals surface area contributed by atoms with E-state index in [0.29, 0.717) is 28.8 Å². The zero-order valence-corrected chi connectivity index (χ0v) is 16.6. The van der Waals surface area contributed by atoms with E-state index < -0.39 is 0 Å². The van der Waals surface area contributed by atoms with Gasteiger partial charge in [0.25, 0.3) is 0 Å². The molecule has 4 aromatic rings. The lowest BCUT2D eigenvalue weighted by Crippen LogP contribution is -2.03. The van der Waals surface area contributed by atoms with Gasteiger partial charge in [0, 0.05) is 5.69 Å². The number of nitrogens with zero attached hydrogens (tertiary/aromatic N) is 5. The third-order valence-corrected chi connectivity index (χ3v) is 4.19. The van der Waals surface area contributed by atoms with Crippen molar-refractivity contribution < 1.29 is 14.1 Å². The van der Waals surface area contributed by atoms with Crippen molar-refractivity contribution in [1.29, 1.82) is 0 Å². The van der Waals surface area contributed by atoms with Crippen LogP contribution < -0.4 is 20.2 Å². The molecule has 2 aromatic carbocycles. The summed E-state index contributed by atoms with van der Waals surface area (Å²) >= 11 is 0. The van der Waals surface area contributed by atoms with Gasteiger partial charge in [-0.15, -0.1) is 0 Å². The topological polar surface area (TPSA) is 120 Å². The first kappa shape index (κ1) is 19.1. The number of hydrogen-bond donors (Lipinski definition) is 2. The van der Waals surface area contributed by atoms with Gasteiger partial charge >= 0.3 is 0 Å². The van der Waals surface area contributed by atoms with E-state index in [0.717, 1.165) is 16.8 Å². The van der Waals surface area contributed by atoms with Crippen molar-refractivity contribution in [3.8, 4) is 11.5 Å². The molecule has 2 heterocycles. The van der Waals surface area contributed by atoms with Crippen LogP contribution in [0.5, 0.6) is 11.5 Å². The molecule has 0 fully saturated rings. The van der Waals surface area contributed by atoms with Crippen LogP contribution in [-0.4, -0.2) is 40.7 Å². The Morgan fingerprint density at radius 2 is 1.70 bits per heavy atom. The van der Waals surface area contributed by atoms with Crippen molar-refractivity contribution >= 4 is 34.8 Å². The lowest BCUT2D eigenvalue weighted by molar-refractivity contribution is 0.314. The van der Waals surface area contributed by atoms with E-state index in [9.17, 15) is 0 Å². The van der Waals surface area contributed by atoms with E-state index in [1.54, 1.807) is 26.5 Å². The van der Waals surface area contributed by atoms with Gasteiger partial charge in [-0.05, 0) is 58.7 Å². The molecule has 10 nitrogen and oxygen atoms in total. The van der Waals surface area contributed by atoms with Gasteiger partial charge in [-0.1, -0.05) is 12.1 Å². The molecule has 0 unspecified atom stereocenters. The smallest absolute Gasteiger partial charge is 0.245 e. The molecule has 0 aliphatic carbocycles. The number of rotatable bonds is 7. The summed E-state index contributed by atoms with van der Waals surface area (Å²) in [4.78, 5) is 8.81. The molecule has 0 aliphatic heterocycles. The molecular formula is C20H19N7O3. The Balaban J connectivity index is 1.60. The van der Waals surface area contributed by atoms with E-state index in [1.165, 1.54) is 0 Å². The van der Waals surface area contributed by atoms with Gasteiger partial charge in [0.1, 0.15) is 0 Å². The standard InChI is InChI=1S/C20H19N7O3/c1-12-5-4-6-14(9-12)22-17-18(24-20-19(23-17)26-30-27-20)25-21-11-13-7-8-15(28-2)16(10-13)29-3/h4-11H,1-3H3,(H,22,23,26)(H,24,25,27)/b21-11-. The number of benzene rings is 2. The predicted octanol–water partition coefficient (Wildman–Crippen LogP) is 3.53. The minimum absolute atomic E-state index is 0.272. The molecule has 2 aromatic heterocycles. The molecule has 0 amide bonds. The normalized spacial score (nSPS) is 11.0. The zero-order valence-electron chi connectivity index (χ0n) is 16.6. The lowest BCUT2D eigenvalue weighted by atomic mass is 10.2. The maximum atomic E-state index is 5.31. The number of aryl methyl sites for hydroxylation is 1. The number of ether oxygens (including phenoxy) is 2. The minimum Gasteiger partial charge on any atom is -0.493 e. The Labute approximate surface area is 171 Å². The van der Waals surface area contributed by atoms with Crippen LogP contribution in [-0.2, 0) is 0 Å². The summed E-state index contributed by atoms with van der Waals surface area (Å²) in [6.45, 7) is 2.01. The van der Waals surface area contributed by atoms with Crippen LogP contribution in [0.4, 0.5) is 17.3 Å². The summed E-state index contributed by atoms with van der Waals surface area (Å²) in [5.74, 6) is 2.06. The molecule has 0 saturated carbocycles. The summed E-state index contributed by atoms with van der Waals surface area (Å²) < 4.78 is 15.3.